The Morgan fingerprint density at radius 3 is 2.59 bits per heavy atom. The molecule has 2 heterocycles. The first kappa shape index (κ1) is 14.4. The van der Waals surface area contributed by atoms with Crippen LogP contribution in [0.15, 0.2) is 51.1 Å². The Labute approximate surface area is 130 Å². The molecule has 3 aromatic rings. The standard InChI is InChI=1S/C15H14N4O2S/c1-9-13(10-5-3-2-4-6-10)19-15(16-9)22-8-11-7-12(20)18-14(21)17-11/h2-7H,8H2,1H3,(H,16,19)(H2,17,18,20,21). The molecule has 0 bridgehead atoms. The van der Waals surface area contributed by atoms with Crippen LogP contribution in [-0.2, 0) is 5.75 Å². The molecular weight excluding hydrogens is 300 g/mol. The minimum absolute atomic E-state index is 0.403. The van der Waals surface area contributed by atoms with Crippen LogP contribution >= 0.6 is 11.8 Å². The van der Waals surface area contributed by atoms with Crippen molar-refractivity contribution in [3.63, 3.8) is 0 Å². The second-order valence-corrected chi connectivity index (χ2v) is 5.75. The molecular formula is C15H14N4O2S. The molecule has 0 saturated heterocycles. The number of hydrogen-bond acceptors (Lipinski definition) is 4. The van der Waals surface area contributed by atoms with E-state index in [-0.39, 0.29) is 0 Å². The molecule has 0 amide bonds. The maximum atomic E-state index is 11.3. The van der Waals surface area contributed by atoms with Gasteiger partial charge in [-0.2, -0.15) is 0 Å². The fraction of sp³-hybridized carbons (Fsp3) is 0.133. The van der Waals surface area contributed by atoms with Crippen LogP contribution in [0.25, 0.3) is 11.3 Å². The topological polar surface area (TPSA) is 94.4 Å². The summed E-state index contributed by atoms with van der Waals surface area (Å²) in [5.41, 5.74) is 2.60. The number of imidazole rings is 1. The van der Waals surface area contributed by atoms with Crippen molar-refractivity contribution in [3.8, 4) is 11.3 Å². The number of thioether (sulfide) groups is 1. The highest BCUT2D eigenvalue weighted by molar-refractivity contribution is 7.98. The van der Waals surface area contributed by atoms with Crippen LogP contribution in [0.5, 0.6) is 0 Å². The lowest BCUT2D eigenvalue weighted by molar-refractivity contribution is 0.980. The summed E-state index contributed by atoms with van der Waals surface area (Å²) in [6, 6.07) is 11.3. The van der Waals surface area contributed by atoms with Crippen LogP contribution < -0.4 is 11.2 Å². The number of H-pyrrole nitrogens is 3. The fourth-order valence-electron chi connectivity index (χ4n) is 2.12. The molecule has 6 nitrogen and oxygen atoms in total. The van der Waals surface area contributed by atoms with Crippen molar-refractivity contribution in [1.29, 1.82) is 0 Å². The molecule has 0 aliphatic carbocycles. The Morgan fingerprint density at radius 2 is 1.86 bits per heavy atom. The number of aromatic nitrogens is 4. The van der Waals surface area contributed by atoms with Crippen LogP contribution in [0.3, 0.4) is 0 Å². The van der Waals surface area contributed by atoms with Gasteiger partial charge in [0.25, 0.3) is 5.56 Å². The van der Waals surface area contributed by atoms with Gasteiger partial charge in [-0.1, -0.05) is 42.1 Å². The zero-order valence-corrected chi connectivity index (χ0v) is 12.7. The normalized spacial score (nSPS) is 10.8. The first-order chi connectivity index (χ1) is 10.6. The predicted molar refractivity (Wildman–Crippen MR) is 86.0 cm³/mol. The Balaban J connectivity index is 1.79. The molecule has 2 aromatic heterocycles. The van der Waals surface area contributed by atoms with Gasteiger partial charge in [-0.3, -0.25) is 9.78 Å². The van der Waals surface area contributed by atoms with E-state index in [1.807, 2.05) is 37.3 Å². The molecule has 0 radical (unpaired) electrons. The van der Waals surface area contributed by atoms with Crippen LogP contribution in [0.4, 0.5) is 0 Å². The van der Waals surface area contributed by atoms with Gasteiger partial charge in [-0.05, 0) is 6.92 Å². The lowest BCUT2D eigenvalue weighted by Crippen LogP contribution is -2.22. The van der Waals surface area contributed by atoms with Crippen molar-refractivity contribution in [2.24, 2.45) is 0 Å². The highest BCUT2D eigenvalue weighted by Crippen LogP contribution is 2.26. The molecule has 0 aliphatic rings. The smallest absolute Gasteiger partial charge is 0.325 e. The fourth-order valence-corrected chi connectivity index (χ4v) is 2.95. The van der Waals surface area contributed by atoms with Gasteiger partial charge >= 0.3 is 5.69 Å². The van der Waals surface area contributed by atoms with Crippen molar-refractivity contribution in [1.82, 2.24) is 19.9 Å². The molecule has 0 saturated carbocycles. The summed E-state index contributed by atoms with van der Waals surface area (Å²) in [7, 11) is 0. The first-order valence-electron chi connectivity index (χ1n) is 6.69. The second kappa shape index (κ2) is 6.07. The molecule has 1 aromatic carbocycles. The van der Waals surface area contributed by atoms with Gasteiger partial charge < -0.3 is 9.97 Å². The first-order valence-corrected chi connectivity index (χ1v) is 7.68. The quantitative estimate of drug-likeness (QED) is 0.642. The van der Waals surface area contributed by atoms with Gasteiger partial charge in [0.1, 0.15) is 0 Å². The molecule has 0 atom stereocenters. The van der Waals surface area contributed by atoms with E-state index in [4.69, 9.17) is 0 Å². The van der Waals surface area contributed by atoms with Crippen molar-refractivity contribution in [2.75, 3.05) is 0 Å². The van der Waals surface area contributed by atoms with E-state index in [0.29, 0.717) is 11.4 Å². The number of rotatable bonds is 4. The summed E-state index contributed by atoms with van der Waals surface area (Å²) >= 11 is 1.43. The lowest BCUT2D eigenvalue weighted by Gasteiger charge is -1.98. The van der Waals surface area contributed by atoms with E-state index in [0.717, 1.165) is 22.1 Å². The van der Waals surface area contributed by atoms with E-state index in [2.05, 4.69) is 19.9 Å². The third-order valence-electron chi connectivity index (χ3n) is 3.09. The summed E-state index contributed by atoms with van der Waals surface area (Å²) < 4.78 is 0. The van der Waals surface area contributed by atoms with Crippen molar-refractivity contribution in [3.05, 3.63) is 68.6 Å². The molecule has 0 unspecified atom stereocenters. The van der Waals surface area contributed by atoms with Crippen LogP contribution in [0.1, 0.15) is 11.4 Å². The number of aromatic amines is 3. The number of hydrogen-bond donors (Lipinski definition) is 3. The maximum absolute atomic E-state index is 11.3. The molecule has 3 rings (SSSR count). The van der Waals surface area contributed by atoms with Gasteiger partial charge in [-0.25, -0.2) is 9.78 Å². The second-order valence-electron chi connectivity index (χ2n) is 4.78. The molecule has 112 valence electrons. The van der Waals surface area contributed by atoms with Gasteiger partial charge in [-0.15, -0.1) is 0 Å². The molecule has 0 spiro atoms. The van der Waals surface area contributed by atoms with Gasteiger partial charge in [0, 0.05) is 28.8 Å². The van der Waals surface area contributed by atoms with E-state index < -0.39 is 11.2 Å². The zero-order chi connectivity index (χ0) is 15.5. The monoisotopic (exact) mass is 314 g/mol. The van der Waals surface area contributed by atoms with Gasteiger partial charge in [0.2, 0.25) is 0 Å². The lowest BCUT2D eigenvalue weighted by atomic mass is 10.1. The molecule has 0 fully saturated rings. The molecule has 3 N–H and O–H groups in total. The average molecular weight is 314 g/mol. The Kier molecular flexibility index (Phi) is 3.97. The average Bonchev–Trinajstić information content (AvgIpc) is 2.86. The zero-order valence-electron chi connectivity index (χ0n) is 11.8. The SMILES string of the molecule is Cc1[nH]c(SCc2cc(=O)[nH]c(=O)[nH]2)nc1-c1ccccc1. The third-order valence-corrected chi connectivity index (χ3v) is 4.01. The van der Waals surface area contributed by atoms with Crippen molar-refractivity contribution in [2.45, 2.75) is 17.8 Å². The summed E-state index contributed by atoms with van der Waals surface area (Å²) in [6.45, 7) is 1.97. The van der Waals surface area contributed by atoms with Crippen LogP contribution in [0.2, 0.25) is 0 Å². The number of nitrogens with one attached hydrogen (secondary N) is 3. The Bertz CT molecular complexity index is 867. The van der Waals surface area contributed by atoms with Gasteiger partial charge in [0.15, 0.2) is 5.16 Å². The highest BCUT2D eigenvalue weighted by atomic mass is 32.2. The summed E-state index contributed by atoms with van der Waals surface area (Å²) in [5.74, 6) is 0.459. The highest BCUT2D eigenvalue weighted by Gasteiger charge is 2.09. The molecule has 7 heteroatoms. The van der Waals surface area contributed by atoms with Crippen LogP contribution in [0, 0.1) is 6.92 Å². The van der Waals surface area contributed by atoms with E-state index in [1.54, 1.807) is 0 Å². The Hall–Kier alpha value is -2.54. The summed E-state index contributed by atoms with van der Waals surface area (Å²) in [4.78, 5) is 35.0. The number of benzene rings is 1. The third kappa shape index (κ3) is 3.20. The van der Waals surface area contributed by atoms with Crippen molar-refractivity contribution < 1.29 is 0 Å². The number of aryl methyl sites for hydroxylation is 1. The Morgan fingerprint density at radius 1 is 1.09 bits per heavy atom. The van der Waals surface area contributed by atoms with Crippen molar-refractivity contribution >= 4 is 11.8 Å². The van der Waals surface area contributed by atoms with Crippen LogP contribution in [-0.4, -0.2) is 19.9 Å². The molecule has 22 heavy (non-hydrogen) atoms. The van der Waals surface area contributed by atoms with Gasteiger partial charge in [0.05, 0.1) is 5.69 Å². The number of nitrogens with zero attached hydrogens (tertiary/aromatic N) is 1. The van der Waals surface area contributed by atoms with E-state index >= 15 is 0 Å². The minimum atomic E-state index is -0.497. The summed E-state index contributed by atoms with van der Waals surface area (Å²) in [6.07, 6.45) is 0. The largest absolute Gasteiger partial charge is 0.337 e. The molecule has 0 aliphatic heterocycles. The van der Waals surface area contributed by atoms with E-state index in [1.165, 1.54) is 17.8 Å². The predicted octanol–water partition coefficient (Wildman–Crippen LogP) is 2.05. The van der Waals surface area contributed by atoms with E-state index in [9.17, 15) is 9.59 Å². The minimum Gasteiger partial charge on any atom is -0.337 e. The maximum Gasteiger partial charge on any atom is 0.325 e. The summed E-state index contributed by atoms with van der Waals surface area (Å²) in [5, 5.41) is 0.748.